The summed E-state index contributed by atoms with van der Waals surface area (Å²) in [6.07, 6.45) is 0.484. The Hall–Kier alpha value is -2.10. The predicted molar refractivity (Wildman–Crippen MR) is 133 cm³/mol. The van der Waals surface area contributed by atoms with Crippen LogP contribution in [0.1, 0.15) is 43.1 Å². The molecule has 3 rings (SSSR count). The molecule has 1 aromatic heterocycles. The molecule has 2 heterocycles. The minimum absolute atomic E-state index is 0. The number of halogens is 1. The van der Waals surface area contributed by atoms with Crippen molar-refractivity contribution in [1.29, 1.82) is 0 Å². The van der Waals surface area contributed by atoms with E-state index in [1.165, 1.54) is 11.3 Å². The Labute approximate surface area is 196 Å². The molecule has 2 unspecified atom stereocenters. The van der Waals surface area contributed by atoms with E-state index in [0.717, 1.165) is 30.4 Å². The summed E-state index contributed by atoms with van der Waals surface area (Å²) >= 11 is 0. The number of anilines is 1. The lowest BCUT2D eigenvalue weighted by Crippen LogP contribution is -2.41. The van der Waals surface area contributed by atoms with Gasteiger partial charge in [-0.05, 0) is 44.4 Å². The molecule has 164 valence electrons. The molecule has 0 saturated heterocycles. The molecule has 2 aromatic rings. The molecule has 1 amide bonds. The van der Waals surface area contributed by atoms with E-state index in [1.807, 2.05) is 29.8 Å². The number of guanidine groups is 1. The molecule has 0 fully saturated rings. The molecule has 30 heavy (non-hydrogen) atoms. The zero-order valence-electron chi connectivity index (χ0n) is 18.2. The number of carbonyl (C=O) groups excluding carboxylic acids is 1. The van der Waals surface area contributed by atoms with Gasteiger partial charge in [-0.2, -0.15) is 5.10 Å². The Bertz CT molecular complexity index is 878. The fourth-order valence-electron chi connectivity index (χ4n) is 3.71. The molecule has 7 nitrogen and oxygen atoms in total. The van der Waals surface area contributed by atoms with Crippen molar-refractivity contribution in [3.8, 4) is 0 Å². The van der Waals surface area contributed by atoms with Gasteiger partial charge in [-0.15, -0.1) is 24.0 Å². The van der Waals surface area contributed by atoms with E-state index in [-0.39, 0.29) is 35.8 Å². The molecule has 0 aliphatic carbocycles. The number of nitrogens with zero attached hydrogens (tertiary/aromatic N) is 3. The second-order valence-corrected chi connectivity index (χ2v) is 7.85. The lowest BCUT2D eigenvalue weighted by atomic mass is 9.90. The van der Waals surface area contributed by atoms with Crippen molar-refractivity contribution in [3.63, 3.8) is 0 Å². The van der Waals surface area contributed by atoms with E-state index in [0.29, 0.717) is 25.4 Å². The second-order valence-electron chi connectivity index (χ2n) is 7.85. The van der Waals surface area contributed by atoms with Crippen LogP contribution in [0.3, 0.4) is 0 Å². The van der Waals surface area contributed by atoms with Gasteiger partial charge in [0.25, 0.3) is 0 Å². The molecule has 1 aliphatic rings. The van der Waals surface area contributed by atoms with E-state index < -0.39 is 0 Å². The van der Waals surface area contributed by atoms with Crippen LogP contribution in [0, 0.1) is 19.8 Å². The third-order valence-corrected chi connectivity index (χ3v) is 5.12. The first kappa shape index (κ1) is 24.2. The standard InChI is InChI=1S/C22H32N6O.HI/c1-5-23-22(24-12-15(2)14-28-17(4)10-16(3)27-28)25-13-18-11-21(29)26-20-9-7-6-8-19(18)20;/h6-10,15,18H,5,11-14H2,1-4H3,(H,26,29)(H2,23,24,25);1H. The van der Waals surface area contributed by atoms with E-state index in [1.54, 1.807) is 0 Å². The molecule has 3 N–H and O–H groups in total. The number of benzene rings is 1. The number of para-hydroxylation sites is 1. The zero-order chi connectivity index (χ0) is 20.8. The lowest BCUT2D eigenvalue weighted by molar-refractivity contribution is -0.116. The van der Waals surface area contributed by atoms with Crippen molar-refractivity contribution in [2.75, 3.05) is 25.0 Å². The molecule has 8 heteroatoms. The van der Waals surface area contributed by atoms with Gasteiger partial charge in [0.2, 0.25) is 5.91 Å². The SMILES string of the molecule is CCNC(=NCC(C)Cn1nc(C)cc1C)NCC1CC(=O)Nc2ccccc21.I. The highest BCUT2D eigenvalue weighted by atomic mass is 127. The van der Waals surface area contributed by atoms with Gasteiger partial charge in [0.05, 0.1) is 5.69 Å². The second kappa shape index (κ2) is 11.3. The van der Waals surface area contributed by atoms with Crippen LogP contribution in [0.4, 0.5) is 5.69 Å². The predicted octanol–water partition coefficient (Wildman–Crippen LogP) is 3.44. The zero-order valence-corrected chi connectivity index (χ0v) is 20.6. The van der Waals surface area contributed by atoms with Gasteiger partial charge in [0.15, 0.2) is 5.96 Å². The third-order valence-electron chi connectivity index (χ3n) is 5.12. The lowest BCUT2D eigenvalue weighted by Gasteiger charge is -2.26. The highest BCUT2D eigenvalue weighted by Crippen LogP contribution is 2.31. The number of hydrogen-bond donors (Lipinski definition) is 3. The molecule has 0 bridgehead atoms. The Morgan fingerprint density at radius 1 is 1.33 bits per heavy atom. The maximum atomic E-state index is 12.0. The number of aryl methyl sites for hydroxylation is 2. The molecular weight excluding hydrogens is 491 g/mol. The average molecular weight is 524 g/mol. The summed E-state index contributed by atoms with van der Waals surface area (Å²) in [4.78, 5) is 16.8. The topological polar surface area (TPSA) is 83.3 Å². The number of amides is 1. The molecule has 0 radical (unpaired) electrons. The van der Waals surface area contributed by atoms with Gasteiger partial charge < -0.3 is 16.0 Å². The molecule has 0 spiro atoms. The summed E-state index contributed by atoms with van der Waals surface area (Å²) in [5.41, 5.74) is 4.31. The maximum Gasteiger partial charge on any atom is 0.225 e. The number of carbonyl (C=O) groups is 1. The number of rotatable bonds is 7. The van der Waals surface area contributed by atoms with Crippen molar-refractivity contribution in [1.82, 2.24) is 20.4 Å². The van der Waals surface area contributed by atoms with Crippen molar-refractivity contribution >= 4 is 41.5 Å². The monoisotopic (exact) mass is 524 g/mol. The smallest absolute Gasteiger partial charge is 0.225 e. The summed E-state index contributed by atoms with van der Waals surface area (Å²) in [6.45, 7) is 11.4. The summed E-state index contributed by atoms with van der Waals surface area (Å²) < 4.78 is 2.05. The van der Waals surface area contributed by atoms with Crippen LogP contribution in [0.2, 0.25) is 0 Å². The van der Waals surface area contributed by atoms with E-state index >= 15 is 0 Å². The van der Waals surface area contributed by atoms with Gasteiger partial charge >= 0.3 is 0 Å². The van der Waals surface area contributed by atoms with Crippen molar-refractivity contribution in [2.45, 2.75) is 46.6 Å². The molecule has 2 atom stereocenters. The first-order valence-electron chi connectivity index (χ1n) is 10.4. The Kier molecular flexibility index (Phi) is 9.13. The number of aromatic nitrogens is 2. The van der Waals surface area contributed by atoms with Crippen LogP contribution >= 0.6 is 24.0 Å². The first-order chi connectivity index (χ1) is 14.0. The fraction of sp³-hybridized carbons (Fsp3) is 0.500. The summed E-state index contributed by atoms with van der Waals surface area (Å²) in [5, 5.41) is 14.2. The first-order valence-corrected chi connectivity index (χ1v) is 10.4. The number of fused-ring (bicyclic) bond motifs is 1. The van der Waals surface area contributed by atoms with Crippen LogP contribution < -0.4 is 16.0 Å². The van der Waals surface area contributed by atoms with Crippen LogP contribution in [0.25, 0.3) is 0 Å². The molecule has 1 aliphatic heterocycles. The van der Waals surface area contributed by atoms with Gasteiger partial charge in [-0.3, -0.25) is 14.5 Å². The van der Waals surface area contributed by atoms with Gasteiger partial charge in [0.1, 0.15) is 0 Å². The third kappa shape index (κ3) is 6.45. The van der Waals surface area contributed by atoms with Crippen molar-refractivity contribution in [3.05, 3.63) is 47.3 Å². The minimum atomic E-state index is 0. The highest BCUT2D eigenvalue weighted by molar-refractivity contribution is 14.0. The highest BCUT2D eigenvalue weighted by Gasteiger charge is 2.24. The van der Waals surface area contributed by atoms with Gasteiger partial charge in [-0.25, -0.2) is 0 Å². The number of nitrogens with one attached hydrogen (secondary N) is 3. The van der Waals surface area contributed by atoms with Crippen LogP contribution in [-0.4, -0.2) is 41.3 Å². The van der Waals surface area contributed by atoms with Crippen molar-refractivity contribution < 1.29 is 4.79 Å². The fourth-order valence-corrected chi connectivity index (χ4v) is 3.71. The van der Waals surface area contributed by atoms with E-state index in [2.05, 4.69) is 54.0 Å². The maximum absolute atomic E-state index is 12.0. The summed E-state index contributed by atoms with van der Waals surface area (Å²) in [7, 11) is 0. The molecular formula is C22H33IN6O. The van der Waals surface area contributed by atoms with Crippen LogP contribution in [0.15, 0.2) is 35.3 Å². The largest absolute Gasteiger partial charge is 0.357 e. The van der Waals surface area contributed by atoms with Crippen LogP contribution in [0.5, 0.6) is 0 Å². The Morgan fingerprint density at radius 2 is 2.10 bits per heavy atom. The minimum Gasteiger partial charge on any atom is -0.357 e. The Balaban J connectivity index is 0.00000320. The number of aliphatic imine (C=N–C) groups is 1. The van der Waals surface area contributed by atoms with Gasteiger partial charge in [-0.1, -0.05) is 25.1 Å². The summed E-state index contributed by atoms with van der Waals surface area (Å²) in [5.74, 6) is 1.35. The van der Waals surface area contributed by atoms with E-state index in [9.17, 15) is 4.79 Å². The van der Waals surface area contributed by atoms with E-state index in [4.69, 9.17) is 4.99 Å². The normalized spacial score (nSPS) is 16.9. The van der Waals surface area contributed by atoms with Crippen LogP contribution in [-0.2, 0) is 11.3 Å². The molecule has 0 saturated carbocycles. The summed E-state index contributed by atoms with van der Waals surface area (Å²) in [6, 6.07) is 10.1. The quantitative estimate of drug-likeness (QED) is 0.295. The number of hydrogen-bond acceptors (Lipinski definition) is 3. The average Bonchev–Trinajstić information content (AvgIpc) is 3.00. The molecule has 1 aromatic carbocycles. The Morgan fingerprint density at radius 3 is 2.80 bits per heavy atom. The van der Waals surface area contributed by atoms with Crippen molar-refractivity contribution in [2.24, 2.45) is 10.9 Å². The van der Waals surface area contributed by atoms with Gasteiger partial charge in [0, 0.05) is 49.9 Å².